The van der Waals surface area contributed by atoms with E-state index in [4.69, 9.17) is 4.74 Å². The molecule has 0 radical (unpaired) electrons. The summed E-state index contributed by atoms with van der Waals surface area (Å²) in [6, 6.07) is 1.69. The zero-order chi connectivity index (χ0) is 13.9. The molecule has 2 amide bonds. The highest BCUT2D eigenvalue weighted by Crippen LogP contribution is 2.14. The zero-order valence-corrected chi connectivity index (χ0v) is 11.2. The van der Waals surface area contributed by atoms with Crippen LogP contribution in [0.25, 0.3) is 11.2 Å². The molecule has 106 valence electrons. The first-order valence-corrected chi connectivity index (χ1v) is 6.68. The molecule has 0 bridgehead atoms. The smallest absolute Gasteiger partial charge is 0.320 e. The van der Waals surface area contributed by atoms with Crippen LogP contribution in [-0.2, 0) is 4.74 Å². The summed E-state index contributed by atoms with van der Waals surface area (Å²) in [4.78, 5) is 23.4. The first-order chi connectivity index (χ1) is 9.72. The Morgan fingerprint density at radius 1 is 1.55 bits per heavy atom. The van der Waals surface area contributed by atoms with Crippen molar-refractivity contribution in [2.24, 2.45) is 5.92 Å². The average molecular weight is 275 g/mol. The molecule has 1 aliphatic heterocycles. The van der Waals surface area contributed by atoms with Gasteiger partial charge in [-0.2, -0.15) is 0 Å². The topological polar surface area (TPSA) is 91.9 Å². The second-order valence-electron chi connectivity index (χ2n) is 5.01. The van der Waals surface area contributed by atoms with Gasteiger partial charge < -0.3 is 15.0 Å². The molecule has 2 unspecified atom stereocenters. The van der Waals surface area contributed by atoms with Crippen LogP contribution in [0.4, 0.5) is 10.6 Å². The molecule has 7 heteroatoms. The zero-order valence-electron chi connectivity index (χ0n) is 11.2. The first-order valence-electron chi connectivity index (χ1n) is 6.68. The van der Waals surface area contributed by atoms with Gasteiger partial charge in [0, 0.05) is 18.8 Å². The number of nitrogens with zero attached hydrogens (tertiary/aromatic N) is 2. The molecule has 7 nitrogen and oxygen atoms in total. The molecule has 3 N–H and O–H groups in total. The molecular weight excluding hydrogens is 258 g/mol. The number of ether oxygens (including phenoxy) is 1. The molecule has 1 aliphatic rings. The van der Waals surface area contributed by atoms with E-state index < -0.39 is 0 Å². The fourth-order valence-corrected chi connectivity index (χ4v) is 2.31. The van der Waals surface area contributed by atoms with Gasteiger partial charge in [-0.05, 0) is 18.4 Å². The highest BCUT2D eigenvalue weighted by atomic mass is 16.5. The maximum Gasteiger partial charge on any atom is 0.320 e. The molecule has 2 aromatic rings. The molecule has 2 atom stereocenters. The number of rotatable bonds is 2. The van der Waals surface area contributed by atoms with Crippen molar-refractivity contribution in [3.63, 3.8) is 0 Å². The number of fused-ring (bicyclic) bond motifs is 1. The molecule has 20 heavy (non-hydrogen) atoms. The monoisotopic (exact) mass is 275 g/mol. The molecule has 0 spiro atoms. The van der Waals surface area contributed by atoms with Crippen molar-refractivity contribution in [3.8, 4) is 0 Å². The Hall–Kier alpha value is -2.15. The van der Waals surface area contributed by atoms with Gasteiger partial charge >= 0.3 is 6.03 Å². The Morgan fingerprint density at radius 3 is 3.30 bits per heavy atom. The third-order valence-corrected chi connectivity index (χ3v) is 3.46. The average Bonchev–Trinajstić information content (AvgIpc) is 2.89. The van der Waals surface area contributed by atoms with E-state index in [0.29, 0.717) is 30.6 Å². The van der Waals surface area contributed by atoms with E-state index in [1.807, 2.05) is 6.07 Å². The highest BCUT2D eigenvalue weighted by molar-refractivity contribution is 5.89. The van der Waals surface area contributed by atoms with Gasteiger partial charge in [0.15, 0.2) is 11.5 Å². The first kappa shape index (κ1) is 12.9. The SMILES string of the molecule is CC1COCCC1NC(=O)Nc1cnc2[nH]ccc2n1. The van der Waals surface area contributed by atoms with Gasteiger partial charge in [-0.3, -0.25) is 5.32 Å². The van der Waals surface area contributed by atoms with Gasteiger partial charge in [0.2, 0.25) is 0 Å². The van der Waals surface area contributed by atoms with Gasteiger partial charge in [0.05, 0.1) is 12.8 Å². The number of aromatic amines is 1. The van der Waals surface area contributed by atoms with Gasteiger partial charge in [0.1, 0.15) is 5.52 Å². The number of aromatic nitrogens is 3. The molecular formula is C13H17N5O2. The molecule has 0 aromatic carbocycles. The van der Waals surface area contributed by atoms with Gasteiger partial charge in [-0.1, -0.05) is 6.92 Å². The van der Waals surface area contributed by atoms with Crippen LogP contribution >= 0.6 is 0 Å². The summed E-state index contributed by atoms with van der Waals surface area (Å²) in [5.74, 6) is 0.752. The number of H-pyrrole nitrogens is 1. The Kier molecular flexibility index (Phi) is 3.51. The summed E-state index contributed by atoms with van der Waals surface area (Å²) >= 11 is 0. The van der Waals surface area contributed by atoms with Crippen LogP contribution in [0.1, 0.15) is 13.3 Å². The van der Waals surface area contributed by atoms with Crippen LogP contribution in [-0.4, -0.2) is 40.2 Å². The lowest BCUT2D eigenvalue weighted by Gasteiger charge is -2.29. The molecule has 1 fully saturated rings. The number of carbonyl (C=O) groups is 1. The van der Waals surface area contributed by atoms with Gasteiger partial charge in [0.25, 0.3) is 0 Å². The minimum absolute atomic E-state index is 0.132. The minimum atomic E-state index is -0.257. The Morgan fingerprint density at radius 2 is 2.45 bits per heavy atom. The normalized spacial score (nSPS) is 22.6. The van der Waals surface area contributed by atoms with Crippen molar-refractivity contribution < 1.29 is 9.53 Å². The van der Waals surface area contributed by atoms with E-state index in [-0.39, 0.29) is 12.1 Å². The number of urea groups is 1. The molecule has 0 aliphatic carbocycles. The minimum Gasteiger partial charge on any atom is -0.381 e. The maximum atomic E-state index is 12.0. The molecule has 2 aromatic heterocycles. The van der Waals surface area contributed by atoms with E-state index >= 15 is 0 Å². The molecule has 1 saturated heterocycles. The van der Waals surface area contributed by atoms with Gasteiger partial charge in [-0.25, -0.2) is 14.8 Å². The predicted octanol–water partition coefficient (Wildman–Crippen LogP) is 1.50. The third-order valence-electron chi connectivity index (χ3n) is 3.46. The van der Waals surface area contributed by atoms with Crippen LogP contribution in [0.15, 0.2) is 18.5 Å². The molecule has 0 saturated carbocycles. The van der Waals surface area contributed by atoms with E-state index in [1.165, 1.54) is 6.20 Å². The van der Waals surface area contributed by atoms with Gasteiger partial charge in [-0.15, -0.1) is 0 Å². The third kappa shape index (κ3) is 2.72. The summed E-state index contributed by atoms with van der Waals surface area (Å²) in [7, 11) is 0. The number of hydrogen-bond acceptors (Lipinski definition) is 4. The summed E-state index contributed by atoms with van der Waals surface area (Å²) in [6.07, 6.45) is 4.13. The van der Waals surface area contributed by atoms with Crippen LogP contribution < -0.4 is 10.6 Å². The summed E-state index contributed by atoms with van der Waals surface area (Å²) in [5.41, 5.74) is 1.43. The number of carbonyl (C=O) groups excluding carboxylic acids is 1. The summed E-state index contributed by atoms with van der Waals surface area (Å²) in [6.45, 7) is 3.43. The standard InChI is InChI=1S/C13H17N5O2/c1-8-7-20-5-3-9(8)17-13(19)18-11-6-15-12-10(16-11)2-4-14-12/h2,4,6,8-9H,3,5,7H2,1H3,(H,14,15)(H2,16,17,18,19). The largest absolute Gasteiger partial charge is 0.381 e. The van der Waals surface area contributed by atoms with Crippen molar-refractivity contribution in [1.29, 1.82) is 0 Å². The van der Waals surface area contributed by atoms with Crippen LogP contribution in [0, 0.1) is 5.92 Å². The van der Waals surface area contributed by atoms with E-state index in [9.17, 15) is 4.79 Å². The number of anilines is 1. The second kappa shape index (κ2) is 5.46. The molecule has 3 rings (SSSR count). The maximum absolute atomic E-state index is 12.0. The van der Waals surface area contributed by atoms with E-state index in [0.717, 1.165) is 11.9 Å². The second-order valence-corrected chi connectivity index (χ2v) is 5.01. The van der Waals surface area contributed by atoms with Crippen molar-refractivity contribution >= 4 is 23.0 Å². The van der Waals surface area contributed by atoms with Crippen molar-refractivity contribution in [1.82, 2.24) is 20.3 Å². The number of amides is 2. The van der Waals surface area contributed by atoms with Crippen molar-refractivity contribution in [2.45, 2.75) is 19.4 Å². The number of nitrogens with one attached hydrogen (secondary N) is 3. The van der Waals surface area contributed by atoms with E-state index in [2.05, 4.69) is 32.5 Å². The lowest BCUT2D eigenvalue weighted by atomic mass is 9.98. The van der Waals surface area contributed by atoms with Crippen LogP contribution in [0.5, 0.6) is 0 Å². The van der Waals surface area contributed by atoms with Crippen molar-refractivity contribution in [2.75, 3.05) is 18.5 Å². The quantitative estimate of drug-likeness (QED) is 0.774. The highest BCUT2D eigenvalue weighted by Gasteiger charge is 2.23. The molecule has 3 heterocycles. The van der Waals surface area contributed by atoms with Crippen LogP contribution in [0.2, 0.25) is 0 Å². The lowest BCUT2D eigenvalue weighted by molar-refractivity contribution is 0.0424. The Bertz CT molecular complexity index is 612. The number of hydrogen-bond donors (Lipinski definition) is 3. The van der Waals surface area contributed by atoms with Crippen molar-refractivity contribution in [3.05, 3.63) is 18.5 Å². The predicted molar refractivity (Wildman–Crippen MR) is 74.4 cm³/mol. The summed E-state index contributed by atoms with van der Waals surface area (Å²) in [5, 5.41) is 5.67. The van der Waals surface area contributed by atoms with E-state index in [1.54, 1.807) is 6.20 Å². The summed E-state index contributed by atoms with van der Waals surface area (Å²) < 4.78 is 5.35. The fourth-order valence-electron chi connectivity index (χ4n) is 2.31. The van der Waals surface area contributed by atoms with Crippen LogP contribution in [0.3, 0.4) is 0 Å². The fraction of sp³-hybridized carbons (Fsp3) is 0.462. The Labute approximate surface area is 116 Å². The lowest BCUT2D eigenvalue weighted by Crippen LogP contribution is -2.46. The Balaban J connectivity index is 1.63.